The van der Waals surface area contributed by atoms with E-state index in [1.165, 1.54) is 6.07 Å². The van der Waals surface area contributed by atoms with Gasteiger partial charge in [0.2, 0.25) is 4.62 Å². The van der Waals surface area contributed by atoms with E-state index in [1.54, 1.807) is 43.3 Å². The number of allylic oxidation sites excluding steroid dienone is 2. The van der Waals surface area contributed by atoms with Crippen LogP contribution in [0.4, 0.5) is 13.0 Å². The van der Waals surface area contributed by atoms with Gasteiger partial charge in [0, 0.05) is 33.8 Å². The Morgan fingerprint density at radius 1 is 1.08 bits per heavy atom. The SMILES string of the molecule is Cc1ccc(C2=C3C=CC(Br)=[N+]3[B-](F)(F)n3c(Br)ccc32)cc1F. The summed E-state index contributed by atoms with van der Waals surface area (Å²) in [5, 5.41) is 0. The number of hydrogen-bond acceptors (Lipinski definition) is 0. The van der Waals surface area contributed by atoms with Gasteiger partial charge in [0.05, 0.1) is 10.2 Å². The lowest BCUT2D eigenvalue weighted by Gasteiger charge is -2.32. The molecule has 0 spiro atoms. The molecule has 8 heteroatoms. The van der Waals surface area contributed by atoms with Gasteiger partial charge < -0.3 is 17.6 Å². The number of benzene rings is 1. The smallest absolute Gasteiger partial charge is 0.389 e. The first-order chi connectivity index (χ1) is 11.3. The zero-order valence-electron chi connectivity index (χ0n) is 12.4. The van der Waals surface area contributed by atoms with Crippen molar-refractivity contribution in [2.45, 2.75) is 6.92 Å². The molecule has 3 heterocycles. The zero-order valence-corrected chi connectivity index (χ0v) is 15.6. The van der Waals surface area contributed by atoms with Crippen molar-refractivity contribution in [2.24, 2.45) is 0 Å². The molecule has 0 saturated heterocycles. The fourth-order valence-electron chi connectivity index (χ4n) is 3.18. The summed E-state index contributed by atoms with van der Waals surface area (Å²) in [6.07, 6.45) is 3.20. The van der Waals surface area contributed by atoms with Crippen LogP contribution in [0.25, 0.3) is 5.57 Å². The van der Waals surface area contributed by atoms with Gasteiger partial charge >= 0.3 is 6.97 Å². The van der Waals surface area contributed by atoms with Crippen molar-refractivity contribution < 1.29 is 17.5 Å². The van der Waals surface area contributed by atoms with Crippen molar-refractivity contribution in [1.29, 1.82) is 0 Å². The van der Waals surface area contributed by atoms with Crippen LogP contribution in [0.2, 0.25) is 0 Å². The molecule has 0 saturated carbocycles. The Kier molecular flexibility index (Phi) is 3.48. The van der Waals surface area contributed by atoms with E-state index in [0.717, 1.165) is 8.96 Å². The van der Waals surface area contributed by atoms with Crippen LogP contribution in [0, 0.1) is 12.7 Å². The van der Waals surface area contributed by atoms with Crippen LogP contribution in [-0.2, 0) is 0 Å². The van der Waals surface area contributed by atoms with E-state index >= 15 is 8.63 Å². The molecule has 0 fully saturated rings. The predicted octanol–water partition coefficient (Wildman–Crippen LogP) is 5.07. The lowest BCUT2D eigenvalue weighted by Crippen LogP contribution is -2.50. The van der Waals surface area contributed by atoms with Crippen molar-refractivity contribution >= 4 is 49.0 Å². The normalized spacial score (nSPS) is 18.2. The molecular formula is C16H10BBr2F3N2. The highest BCUT2D eigenvalue weighted by molar-refractivity contribution is 9.18. The molecule has 0 unspecified atom stereocenters. The Morgan fingerprint density at radius 3 is 2.54 bits per heavy atom. The van der Waals surface area contributed by atoms with E-state index in [2.05, 4.69) is 31.9 Å². The first kappa shape index (κ1) is 16.0. The summed E-state index contributed by atoms with van der Waals surface area (Å²) >= 11 is 6.40. The molecule has 0 radical (unpaired) electrons. The average molecular weight is 458 g/mol. The fraction of sp³-hybridized carbons (Fsp3) is 0.0625. The maximum absolute atomic E-state index is 15.1. The van der Waals surface area contributed by atoms with Crippen LogP contribution in [0.15, 0.2) is 52.8 Å². The minimum Gasteiger partial charge on any atom is -0.389 e. The highest BCUT2D eigenvalue weighted by Crippen LogP contribution is 2.42. The highest BCUT2D eigenvalue weighted by atomic mass is 79.9. The van der Waals surface area contributed by atoms with Crippen LogP contribution in [-0.4, -0.2) is 20.6 Å². The molecule has 0 aliphatic carbocycles. The third-order valence-corrected chi connectivity index (χ3v) is 5.62. The maximum Gasteiger partial charge on any atom is 0.738 e. The lowest BCUT2D eigenvalue weighted by atomic mass is 9.86. The molecule has 24 heavy (non-hydrogen) atoms. The number of rotatable bonds is 1. The van der Waals surface area contributed by atoms with E-state index in [0.29, 0.717) is 28.1 Å². The van der Waals surface area contributed by atoms with Gasteiger partial charge in [0.25, 0.3) is 0 Å². The Bertz CT molecular complexity index is 989. The van der Waals surface area contributed by atoms with Gasteiger partial charge in [0.15, 0.2) is 5.70 Å². The van der Waals surface area contributed by atoms with Gasteiger partial charge in [0.1, 0.15) is 5.82 Å². The monoisotopic (exact) mass is 456 g/mol. The lowest BCUT2D eigenvalue weighted by molar-refractivity contribution is -0.358. The van der Waals surface area contributed by atoms with E-state index < -0.39 is 6.97 Å². The van der Waals surface area contributed by atoms with Gasteiger partial charge in [-0.2, -0.15) is 0 Å². The summed E-state index contributed by atoms with van der Waals surface area (Å²) in [6.45, 7) is -2.39. The molecule has 0 bridgehead atoms. The standard InChI is InChI=1S/C16H10BBr2F3N2/c1-9-2-3-10(8-11(9)20)16-12-4-6-14(18)23(12)17(21,22)24-13(16)5-7-15(24)19/h2-8H,1H3. The summed E-state index contributed by atoms with van der Waals surface area (Å²) in [4.78, 5) is 0. The summed E-state index contributed by atoms with van der Waals surface area (Å²) in [6, 6.07) is 7.99. The quantitative estimate of drug-likeness (QED) is 0.528. The first-order valence-electron chi connectivity index (χ1n) is 7.22. The molecule has 2 nitrogen and oxygen atoms in total. The molecule has 0 atom stereocenters. The van der Waals surface area contributed by atoms with Gasteiger partial charge in [-0.1, -0.05) is 12.1 Å². The second kappa shape index (κ2) is 5.23. The molecule has 0 N–H and O–H groups in total. The number of aryl methyl sites for hydroxylation is 1. The van der Waals surface area contributed by atoms with Crippen molar-refractivity contribution in [3.63, 3.8) is 0 Å². The Labute approximate surface area is 153 Å². The second-order valence-electron chi connectivity index (χ2n) is 5.75. The Morgan fingerprint density at radius 2 is 1.83 bits per heavy atom. The van der Waals surface area contributed by atoms with Gasteiger partial charge in [-0.25, -0.2) is 4.39 Å². The van der Waals surface area contributed by atoms with Gasteiger partial charge in [-0.15, -0.1) is 0 Å². The predicted molar refractivity (Wildman–Crippen MR) is 96.0 cm³/mol. The minimum absolute atomic E-state index is 0.277. The van der Waals surface area contributed by atoms with Gasteiger partial charge in [-0.3, -0.25) is 0 Å². The van der Waals surface area contributed by atoms with Gasteiger partial charge in [-0.05, 0) is 52.2 Å². The molecule has 2 aliphatic rings. The Balaban J connectivity index is 2.10. The van der Waals surface area contributed by atoms with E-state index in [4.69, 9.17) is 0 Å². The number of fused-ring (bicyclic) bond motifs is 2. The second-order valence-corrected chi connectivity index (χ2v) is 7.37. The number of nitrogens with zero attached hydrogens (tertiary/aromatic N) is 2. The topological polar surface area (TPSA) is 7.94 Å². The molecule has 122 valence electrons. The van der Waals surface area contributed by atoms with Crippen LogP contribution in [0.5, 0.6) is 0 Å². The van der Waals surface area contributed by atoms with Crippen LogP contribution in [0.1, 0.15) is 16.8 Å². The molecule has 1 aromatic carbocycles. The van der Waals surface area contributed by atoms with Crippen LogP contribution >= 0.6 is 31.9 Å². The fourth-order valence-corrected chi connectivity index (χ4v) is 4.32. The first-order valence-corrected chi connectivity index (χ1v) is 8.81. The largest absolute Gasteiger partial charge is 0.738 e. The summed E-state index contributed by atoms with van der Waals surface area (Å²) in [5.74, 6) is -0.364. The highest BCUT2D eigenvalue weighted by Gasteiger charge is 2.54. The third-order valence-electron chi connectivity index (χ3n) is 4.33. The number of hydrogen-bond donors (Lipinski definition) is 0. The van der Waals surface area contributed by atoms with Crippen molar-refractivity contribution in [2.75, 3.05) is 0 Å². The van der Waals surface area contributed by atoms with Crippen molar-refractivity contribution in [3.8, 4) is 0 Å². The molecule has 2 aliphatic heterocycles. The molecule has 1 aromatic heterocycles. The van der Waals surface area contributed by atoms with E-state index in [9.17, 15) is 4.39 Å². The summed E-state index contributed by atoms with van der Waals surface area (Å²) < 4.78 is 46.6. The third kappa shape index (κ3) is 2.05. The van der Waals surface area contributed by atoms with E-state index in [1.807, 2.05) is 0 Å². The van der Waals surface area contributed by atoms with E-state index in [-0.39, 0.29) is 15.0 Å². The number of aromatic nitrogens is 1. The minimum atomic E-state index is -4.06. The molecular weight excluding hydrogens is 448 g/mol. The zero-order chi connectivity index (χ0) is 17.2. The van der Waals surface area contributed by atoms with Crippen molar-refractivity contribution in [3.05, 3.63) is 75.4 Å². The number of halogens is 5. The molecule has 0 amide bonds. The summed E-state index contributed by atoms with van der Waals surface area (Å²) in [7, 11) is 0. The molecule has 2 aromatic rings. The van der Waals surface area contributed by atoms with Crippen LogP contribution in [0.3, 0.4) is 0 Å². The van der Waals surface area contributed by atoms with Crippen LogP contribution < -0.4 is 0 Å². The summed E-state index contributed by atoms with van der Waals surface area (Å²) in [5.41, 5.74) is 2.35. The Hall–Kier alpha value is -1.54. The average Bonchev–Trinajstić information content (AvgIpc) is 3.08. The molecule has 4 rings (SSSR count). The van der Waals surface area contributed by atoms with Crippen molar-refractivity contribution in [1.82, 2.24) is 4.48 Å². The maximum atomic E-state index is 15.1.